The molecule has 5 atom stereocenters. The van der Waals surface area contributed by atoms with Gasteiger partial charge in [0.25, 0.3) is 11.8 Å². The summed E-state index contributed by atoms with van der Waals surface area (Å²) in [5.41, 5.74) is 2.17. The van der Waals surface area contributed by atoms with Crippen molar-refractivity contribution in [2.75, 3.05) is 32.6 Å². The number of hydrogen-bond acceptors (Lipinski definition) is 17. The van der Waals surface area contributed by atoms with E-state index < -0.39 is 96.2 Å². The van der Waals surface area contributed by atoms with Crippen LogP contribution in [0.5, 0.6) is 0 Å². The van der Waals surface area contributed by atoms with Crippen LogP contribution in [0.3, 0.4) is 0 Å². The Morgan fingerprint density at radius 3 is 2.24 bits per heavy atom. The number of carboxylic acid groups (broad SMARTS) is 1. The number of nitrogens with one attached hydrogen (secondary N) is 1. The zero-order valence-electron chi connectivity index (χ0n) is 35.6. The van der Waals surface area contributed by atoms with Gasteiger partial charge in [-0.3, -0.25) is 9.59 Å². The van der Waals surface area contributed by atoms with E-state index in [1.54, 1.807) is 29.2 Å². The van der Waals surface area contributed by atoms with Crippen molar-refractivity contribution in [2.45, 2.75) is 69.6 Å². The van der Waals surface area contributed by atoms with E-state index in [0.717, 1.165) is 32.4 Å². The zero-order valence-corrected chi connectivity index (χ0v) is 38.0. The number of nitrogens with zero attached hydrogens (tertiary/aromatic N) is 1. The predicted molar refractivity (Wildman–Crippen MR) is 229 cm³/mol. The highest BCUT2D eigenvalue weighted by Gasteiger charge is 2.32. The maximum Gasteiger partial charge on any atom is 0.511 e. The highest BCUT2D eigenvalue weighted by molar-refractivity contribution is 7.90. The fourth-order valence-corrected chi connectivity index (χ4v) is 7.93. The van der Waals surface area contributed by atoms with Gasteiger partial charge in [0.15, 0.2) is 15.9 Å². The molecule has 2 heterocycles. The minimum atomic E-state index is -3.70. The van der Waals surface area contributed by atoms with Gasteiger partial charge in [-0.05, 0) is 73.4 Å². The van der Waals surface area contributed by atoms with E-state index >= 15 is 0 Å². The van der Waals surface area contributed by atoms with E-state index in [1.807, 2.05) is 0 Å². The molecule has 0 saturated carbocycles. The van der Waals surface area contributed by atoms with Crippen molar-refractivity contribution < 1.29 is 85.0 Å². The third-order valence-electron chi connectivity index (χ3n) is 9.83. The summed E-state index contributed by atoms with van der Waals surface area (Å²) >= 11 is 13.5. The largest absolute Gasteiger partial charge is 0.511 e. The normalized spacial score (nSPS) is 14.6. The second kappa shape index (κ2) is 22.2. The van der Waals surface area contributed by atoms with Gasteiger partial charge in [-0.25, -0.2) is 32.4 Å². The lowest BCUT2D eigenvalue weighted by atomic mass is 9.95. The number of fused-ring (bicyclic) bond motifs is 2. The molecule has 5 unspecified atom stereocenters. The van der Waals surface area contributed by atoms with Gasteiger partial charge >= 0.3 is 30.2 Å². The summed E-state index contributed by atoms with van der Waals surface area (Å²) in [6.07, 6.45) is -5.50. The number of aliphatic hydroxyl groups is 1. The molecular weight excluding hydrogens is 935 g/mol. The predicted octanol–water partition coefficient (Wildman–Crippen LogP) is 4.89. The van der Waals surface area contributed by atoms with Gasteiger partial charge in [0, 0.05) is 43.6 Å². The number of amides is 2. The van der Waals surface area contributed by atoms with Crippen LogP contribution in [0.15, 0.2) is 70.2 Å². The molecule has 5 rings (SSSR count). The standard InChI is InChI=1S/C43H44Cl2N2O18S/c1-22(48)39(51)60-19-26(20-61-40(52)23(2)63-42(54)55)21-62-43(56)65-24(3)64-41(53)33(15-25-6-5-7-30(14-25)66(4,57)58)46-37(49)35-32(44)16-29-18-47(12-10-31(29)36(35)45)38(50)28-9-8-27-11-13-59-34(27)17-28/h5-9,11,13-14,16-17,22-24,26,33,48H,10,12,15,18-21H2,1-4H3,(H,46,49)(H,54,55). The van der Waals surface area contributed by atoms with E-state index in [-0.39, 0.29) is 57.9 Å². The average molecular weight is 980 g/mol. The lowest BCUT2D eigenvalue weighted by molar-refractivity contribution is -0.170. The van der Waals surface area contributed by atoms with Gasteiger partial charge in [0.05, 0.1) is 32.7 Å². The average Bonchev–Trinajstić information content (AvgIpc) is 3.73. The van der Waals surface area contributed by atoms with Crippen molar-refractivity contribution in [2.24, 2.45) is 5.92 Å². The molecular formula is C43H44Cl2N2O18S. The third-order valence-corrected chi connectivity index (χ3v) is 11.7. The van der Waals surface area contributed by atoms with Crippen molar-refractivity contribution in [3.05, 3.63) is 98.7 Å². The number of esters is 3. The first-order valence-corrected chi connectivity index (χ1v) is 22.6. The van der Waals surface area contributed by atoms with Crippen LogP contribution in [-0.4, -0.2) is 123 Å². The Bertz CT molecular complexity index is 2610. The van der Waals surface area contributed by atoms with Crippen LogP contribution in [0, 0.1) is 5.92 Å². The summed E-state index contributed by atoms with van der Waals surface area (Å²) in [5, 5.41) is 21.4. The van der Waals surface area contributed by atoms with Crippen molar-refractivity contribution in [1.82, 2.24) is 10.2 Å². The number of benzene rings is 3. The van der Waals surface area contributed by atoms with Crippen LogP contribution in [0.1, 0.15) is 58.2 Å². The van der Waals surface area contributed by atoms with Crippen LogP contribution in [-0.2, 0) is 72.0 Å². The number of hydrogen-bond donors (Lipinski definition) is 3. The van der Waals surface area contributed by atoms with Crippen molar-refractivity contribution in [3.8, 4) is 0 Å². The van der Waals surface area contributed by atoms with E-state index in [4.69, 9.17) is 56.4 Å². The summed E-state index contributed by atoms with van der Waals surface area (Å²) in [5.74, 6) is -5.59. The molecule has 3 N–H and O–H groups in total. The molecule has 20 nitrogen and oxygen atoms in total. The quantitative estimate of drug-likeness (QED) is 0.0680. The SMILES string of the molecule is CC(OC(=O)OCC(COC(=O)C(C)O)COC(=O)C(C)OC(=O)O)OC(=O)C(Cc1cccc(S(C)(=O)=O)c1)NC(=O)c1c(Cl)cc2c(c1Cl)CCN(C(=O)c1ccc3ccoc3c1)C2. The molecule has 1 aromatic heterocycles. The number of furan rings is 1. The molecule has 3 aromatic carbocycles. The van der Waals surface area contributed by atoms with Gasteiger partial charge in [-0.15, -0.1) is 0 Å². The van der Waals surface area contributed by atoms with Crippen LogP contribution >= 0.6 is 23.2 Å². The number of ether oxygens (including phenoxy) is 6. The molecule has 66 heavy (non-hydrogen) atoms. The summed E-state index contributed by atoms with van der Waals surface area (Å²) in [6.45, 7) is 1.95. The first-order chi connectivity index (χ1) is 31.1. The van der Waals surface area contributed by atoms with E-state index in [0.29, 0.717) is 22.3 Å². The van der Waals surface area contributed by atoms with E-state index in [2.05, 4.69) is 10.1 Å². The number of carbonyl (C=O) groups is 7. The number of sulfone groups is 1. The van der Waals surface area contributed by atoms with Crippen LogP contribution in [0.2, 0.25) is 10.0 Å². The highest BCUT2D eigenvalue weighted by atomic mass is 35.5. The van der Waals surface area contributed by atoms with Gasteiger partial charge in [0.1, 0.15) is 37.5 Å². The summed E-state index contributed by atoms with van der Waals surface area (Å²) in [4.78, 5) is 90.2. The number of halogens is 2. The summed E-state index contributed by atoms with van der Waals surface area (Å²) in [7, 11) is -3.70. The molecule has 0 saturated heterocycles. The van der Waals surface area contributed by atoms with E-state index in [9.17, 15) is 47.1 Å². The van der Waals surface area contributed by atoms with E-state index in [1.165, 1.54) is 36.6 Å². The maximum absolute atomic E-state index is 14.0. The van der Waals surface area contributed by atoms with Gasteiger partial charge in [-0.1, -0.05) is 41.4 Å². The smallest absolute Gasteiger partial charge is 0.464 e. The zero-order chi connectivity index (χ0) is 48.5. The summed E-state index contributed by atoms with van der Waals surface area (Å²) < 4.78 is 59.8. The molecule has 0 radical (unpaired) electrons. The molecule has 4 aromatic rings. The van der Waals surface area contributed by atoms with Gasteiger partial charge in [0.2, 0.25) is 6.29 Å². The third kappa shape index (κ3) is 13.6. The number of rotatable bonds is 18. The lowest BCUT2D eigenvalue weighted by Gasteiger charge is -2.30. The van der Waals surface area contributed by atoms with Crippen molar-refractivity contribution >= 4 is 86.0 Å². The summed E-state index contributed by atoms with van der Waals surface area (Å²) in [6, 6.07) is 12.4. The second-order valence-corrected chi connectivity index (χ2v) is 17.8. The van der Waals surface area contributed by atoms with Gasteiger partial charge in [-0.2, -0.15) is 0 Å². The second-order valence-electron chi connectivity index (χ2n) is 15.0. The van der Waals surface area contributed by atoms with Crippen LogP contribution in [0.25, 0.3) is 11.0 Å². The number of carbonyl (C=O) groups excluding carboxylic acids is 6. The minimum Gasteiger partial charge on any atom is -0.464 e. The Balaban J connectivity index is 1.28. The maximum atomic E-state index is 14.0. The first kappa shape index (κ1) is 50.6. The first-order valence-electron chi connectivity index (χ1n) is 19.9. The van der Waals surface area contributed by atoms with Crippen LogP contribution in [0.4, 0.5) is 9.59 Å². The fourth-order valence-electron chi connectivity index (χ4n) is 6.47. The van der Waals surface area contributed by atoms with Gasteiger partial charge < -0.3 is 53.3 Å². The lowest BCUT2D eigenvalue weighted by Crippen LogP contribution is -2.45. The molecule has 0 aliphatic carbocycles. The monoisotopic (exact) mass is 978 g/mol. The molecule has 2 amide bonds. The Hall–Kier alpha value is -6.42. The number of aliphatic hydroxyl groups excluding tert-OH is 1. The fraction of sp³-hybridized carbons (Fsp3) is 0.372. The highest BCUT2D eigenvalue weighted by Crippen LogP contribution is 2.35. The molecule has 354 valence electrons. The Labute approximate surface area is 386 Å². The topological polar surface area (TPSA) is 278 Å². The Morgan fingerprint density at radius 2 is 1.56 bits per heavy atom. The molecule has 23 heteroatoms. The Morgan fingerprint density at radius 1 is 0.864 bits per heavy atom. The molecule has 1 aliphatic heterocycles. The Kier molecular flexibility index (Phi) is 17.0. The van der Waals surface area contributed by atoms with Crippen molar-refractivity contribution in [3.63, 3.8) is 0 Å². The minimum absolute atomic E-state index is 0.0263. The molecule has 1 aliphatic rings. The molecule has 0 fully saturated rings. The van der Waals surface area contributed by atoms with Crippen LogP contribution < -0.4 is 5.32 Å². The molecule has 0 bridgehead atoms. The van der Waals surface area contributed by atoms with Crippen molar-refractivity contribution in [1.29, 1.82) is 0 Å². The molecule has 0 spiro atoms.